The predicted octanol–water partition coefficient (Wildman–Crippen LogP) is 4.07. The number of rotatable bonds is 1. The number of hydrogen-bond donors (Lipinski definition) is 1. The van der Waals surface area contributed by atoms with Crippen LogP contribution >= 0.6 is 27.5 Å². The standard InChI is InChI=1S/C13H11BrClNO/c1-7-11(9-3-5-10(15)6-4-9)13(17)12(14)8(2)16-7/h3-6H,1-2H3,(H,16,17). The van der Waals surface area contributed by atoms with Crippen molar-refractivity contribution in [3.05, 3.63) is 55.4 Å². The molecule has 0 fully saturated rings. The third kappa shape index (κ3) is 2.31. The lowest BCUT2D eigenvalue weighted by Gasteiger charge is -2.08. The lowest BCUT2D eigenvalue weighted by atomic mass is 10.0. The van der Waals surface area contributed by atoms with E-state index >= 15 is 0 Å². The second-order valence-corrected chi connectivity index (χ2v) is 5.13. The molecule has 0 aliphatic rings. The molecule has 88 valence electrons. The van der Waals surface area contributed by atoms with Crippen LogP contribution in [0.5, 0.6) is 0 Å². The van der Waals surface area contributed by atoms with Gasteiger partial charge in [0.25, 0.3) is 0 Å². The van der Waals surface area contributed by atoms with Gasteiger partial charge in [0.2, 0.25) is 5.43 Å². The summed E-state index contributed by atoms with van der Waals surface area (Å²) in [6.45, 7) is 3.76. The van der Waals surface area contributed by atoms with E-state index in [1.54, 1.807) is 12.1 Å². The molecule has 0 saturated heterocycles. The van der Waals surface area contributed by atoms with E-state index < -0.39 is 0 Å². The van der Waals surface area contributed by atoms with Crippen LogP contribution in [0.15, 0.2) is 33.5 Å². The SMILES string of the molecule is Cc1[nH]c(C)c(-c2ccc(Cl)cc2)c(=O)c1Br. The Hall–Kier alpha value is -1.06. The molecule has 0 amide bonds. The highest BCUT2D eigenvalue weighted by Gasteiger charge is 2.12. The molecular weight excluding hydrogens is 302 g/mol. The van der Waals surface area contributed by atoms with Crippen LogP contribution in [0.2, 0.25) is 5.02 Å². The Balaban J connectivity index is 2.72. The van der Waals surface area contributed by atoms with E-state index in [0.29, 0.717) is 15.1 Å². The number of aromatic amines is 1. The van der Waals surface area contributed by atoms with E-state index in [9.17, 15) is 4.79 Å². The fraction of sp³-hybridized carbons (Fsp3) is 0.154. The van der Waals surface area contributed by atoms with Crippen LogP contribution in [0.1, 0.15) is 11.4 Å². The molecule has 2 nitrogen and oxygen atoms in total. The zero-order valence-corrected chi connectivity index (χ0v) is 11.8. The summed E-state index contributed by atoms with van der Waals surface area (Å²) in [5.41, 5.74) is 3.25. The second kappa shape index (κ2) is 4.67. The van der Waals surface area contributed by atoms with Gasteiger partial charge in [-0.15, -0.1) is 0 Å². The summed E-state index contributed by atoms with van der Waals surface area (Å²) in [6.07, 6.45) is 0. The maximum atomic E-state index is 12.2. The van der Waals surface area contributed by atoms with Crippen molar-refractivity contribution in [2.45, 2.75) is 13.8 Å². The molecule has 0 radical (unpaired) electrons. The molecule has 0 aliphatic heterocycles. The Labute approximate surface area is 113 Å². The van der Waals surface area contributed by atoms with Gasteiger partial charge >= 0.3 is 0 Å². The van der Waals surface area contributed by atoms with E-state index in [2.05, 4.69) is 20.9 Å². The lowest BCUT2D eigenvalue weighted by Crippen LogP contribution is -2.11. The first-order chi connectivity index (χ1) is 8.00. The molecule has 1 heterocycles. The van der Waals surface area contributed by atoms with Crippen molar-refractivity contribution < 1.29 is 0 Å². The van der Waals surface area contributed by atoms with Crippen molar-refractivity contribution in [3.63, 3.8) is 0 Å². The summed E-state index contributed by atoms with van der Waals surface area (Å²) in [4.78, 5) is 15.4. The van der Waals surface area contributed by atoms with Crippen LogP contribution in [0.3, 0.4) is 0 Å². The van der Waals surface area contributed by atoms with E-state index in [-0.39, 0.29) is 5.43 Å². The summed E-state index contributed by atoms with van der Waals surface area (Å²) < 4.78 is 0.577. The molecule has 0 atom stereocenters. The van der Waals surface area contributed by atoms with Gasteiger partial charge in [-0.05, 0) is 47.5 Å². The Kier molecular flexibility index (Phi) is 3.40. The van der Waals surface area contributed by atoms with E-state index in [0.717, 1.165) is 17.0 Å². The topological polar surface area (TPSA) is 32.9 Å². The van der Waals surface area contributed by atoms with Gasteiger partial charge in [-0.1, -0.05) is 23.7 Å². The van der Waals surface area contributed by atoms with Gasteiger partial charge in [-0.25, -0.2) is 0 Å². The number of nitrogens with one attached hydrogen (secondary N) is 1. The Bertz CT molecular complexity index is 617. The van der Waals surface area contributed by atoms with Crippen LogP contribution < -0.4 is 5.43 Å². The Morgan fingerprint density at radius 2 is 1.71 bits per heavy atom. The highest BCUT2D eigenvalue weighted by Crippen LogP contribution is 2.23. The molecular formula is C13H11BrClNO. The van der Waals surface area contributed by atoms with Crippen LogP contribution in [-0.4, -0.2) is 4.98 Å². The minimum atomic E-state index is 0.000993. The van der Waals surface area contributed by atoms with Gasteiger partial charge in [0.15, 0.2) is 0 Å². The fourth-order valence-corrected chi connectivity index (χ4v) is 2.24. The molecule has 2 aromatic rings. The third-order valence-corrected chi connectivity index (χ3v) is 3.85. The summed E-state index contributed by atoms with van der Waals surface area (Å²) in [5, 5.41) is 0.661. The van der Waals surface area contributed by atoms with Crippen molar-refractivity contribution in [1.82, 2.24) is 4.98 Å². The van der Waals surface area contributed by atoms with Crippen molar-refractivity contribution >= 4 is 27.5 Å². The number of hydrogen-bond acceptors (Lipinski definition) is 1. The van der Waals surface area contributed by atoms with Gasteiger partial charge in [-0.2, -0.15) is 0 Å². The van der Waals surface area contributed by atoms with E-state index in [1.807, 2.05) is 26.0 Å². The molecule has 2 rings (SSSR count). The number of aryl methyl sites for hydroxylation is 2. The fourth-order valence-electron chi connectivity index (χ4n) is 1.81. The molecule has 0 unspecified atom stereocenters. The summed E-state index contributed by atoms with van der Waals surface area (Å²) in [7, 11) is 0. The monoisotopic (exact) mass is 311 g/mol. The smallest absolute Gasteiger partial charge is 0.204 e. The number of aromatic nitrogens is 1. The quantitative estimate of drug-likeness (QED) is 0.846. The van der Waals surface area contributed by atoms with Gasteiger partial charge < -0.3 is 4.98 Å². The molecule has 0 saturated carbocycles. The first-order valence-electron chi connectivity index (χ1n) is 5.15. The second-order valence-electron chi connectivity index (χ2n) is 3.90. The lowest BCUT2D eigenvalue weighted by molar-refractivity contribution is 1.10. The van der Waals surface area contributed by atoms with Crippen LogP contribution in [0.25, 0.3) is 11.1 Å². The maximum Gasteiger partial charge on any atom is 0.204 e. The van der Waals surface area contributed by atoms with Crippen LogP contribution in [0.4, 0.5) is 0 Å². The van der Waals surface area contributed by atoms with Crippen molar-refractivity contribution in [1.29, 1.82) is 0 Å². The minimum Gasteiger partial charge on any atom is -0.361 e. The molecule has 0 spiro atoms. The van der Waals surface area contributed by atoms with Crippen molar-refractivity contribution in [2.75, 3.05) is 0 Å². The van der Waals surface area contributed by atoms with E-state index in [1.165, 1.54) is 0 Å². The van der Waals surface area contributed by atoms with Crippen molar-refractivity contribution in [3.8, 4) is 11.1 Å². The first kappa shape index (κ1) is 12.4. The molecule has 0 bridgehead atoms. The van der Waals surface area contributed by atoms with Crippen LogP contribution in [0, 0.1) is 13.8 Å². The minimum absolute atomic E-state index is 0.000993. The van der Waals surface area contributed by atoms with E-state index in [4.69, 9.17) is 11.6 Å². The molecule has 1 aromatic heterocycles. The largest absolute Gasteiger partial charge is 0.361 e. The predicted molar refractivity (Wildman–Crippen MR) is 74.7 cm³/mol. The zero-order valence-electron chi connectivity index (χ0n) is 9.47. The zero-order chi connectivity index (χ0) is 12.6. The highest BCUT2D eigenvalue weighted by molar-refractivity contribution is 9.10. The average molecular weight is 313 g/mol. The van der Waals surface area contributed by atoms with Crippen LogP contribution in [-0.2, 0) is 0 Å². The molecule has 1 aromatic carbocycles. The van der Waals surface area contributed by atoms with Crippen molar-refractivity contribution in [2.24, 2.45) is 0 Å². The summed E-state index contributed by atoms with van der Waals surface area (Å²) in [6, 6.07) is 7.26. The van der Waals surface area contributed by atoms with Gasteiger partial charge in [-0.3, -0.25) is 4.79 Å². The Morgan fingerprint density at radius 1 is 1.12 bits per heavy atom. The average Bonchev–Trinajstić information content (AvgIpc) is 2.29. The summed E-state index contributed by atoms with van der Waals surface area (Å²) in [5.74, 6) is 0. The highest BCUT2D eigenvalue weighted by atomic mass is 79.9. The van der Waals surface area contributed by atoms with Gasteiger partial charge in [0.05, 0.1) is 4.47 Å². The molecule has 1 N–H and O–H groups in total. The number of pyridine rings is 1. The molecule has 0 aliphatic carbocycles. The molecule has 4 heteroatoms. The normalized spacial score (nSPS) is 10.6. The summed E-state index contributed by atoms with van der Waals surface area (Å²) >= 11 is 9.15. The van der Waals surface area contributed by atoms with Gasteiger partial charge in [0, 0.05) is 22.0 Å². The van der Waals surface area contributed by atoms with Gasteiger partial charge in [0.1, 0.15) is 0 Å². The first-order valence-corrected chi connectivity index (χ1v) is 6.32. The Morgan fingerprint density at radius 3 is 2.29 bits per heavy atom. The molecule has 17 heavy (non-hydrogen) atoms. The number of benzene rings is 1. The third-order valence-electron chi connectivity index (χ3n) is 2.64. The number of halogens is 2. The maximum absolute atomic E-state index is 12.2. The number of H-pyrrole nitrogens is 1.